The molecular weight excluding hydrogens is 632 g/mol. The van der Waals surface area contributed by atoms with Crippen molar-refractivity contribution < 1.29 is 38.3 Å². The summed E-state index contributed by atoms with van der Waals surface area (Å²) in [6, 6.07) is 6.93. The molecule has 14 nitrogen and oxygen atoms in total. The Kier molecular flexibility index (Phi) is 22.4. The van der Waals surface area contributed by atoms with Gasteiger partial charge in [-0.15, -0.1) is 0 Å². The molecule has 0 aromatic heterocycles. The Balaban J connectivity index is 0.000000881. The number of amides is 5. The number of nitrogens with zero attached hydrogens (tertiary/aromatic N) is 2. The second-order valence-electron chi connectivity index (χ2n) is 12.7. The Labute approximate surface area is 292 Å². The summed E-state index contributed by atoms with van der Waals surface area (Å²) in [6.07, 6.45) is 3.01. The Morgan fingerprint density at radius 2 is 1.67 bits per heavy atom. The highest BCUT2D eigenvalue weighted by atomic mass is 16.7. The monoisotopic (exact) mass is 692 g/mol. The summed E-state index contributed by atoms with van der Waals surface area (Å²) in [6.45, 7) is 16.5. The molecule has 0 bridgehead atoms. The average molecular weight is 693 g/mol. The quantitative estimate of drug-likeness (QED) is 0.107. The maximum absolute atomic E-state index is 12.3. The lowest BCUT2D eigenvalue weighted by Crippen LogP contribution is -2.41. The highest BCUT2D eigenvalue weighted by molar-refractivity contribution is 6.03. The summed E-state index contributed by atoms with van der Waals surface area (Å²) in [5, 5.41) is 12.2. The third kappa shape index (κ3) is 17.9. The molecule has 1 aliphatic heterocycles. The molecule has 0 saturated carbocycles. The molecule has 2 unspecified atom stereocenters. The maximum atomic E-state index is 12.3. The largest absolute Gasteiger partial charge is 0.445 e. The molecule has 0 radical (unpaired) electrons. The number of ether oxygens (including phenoxy) is 1. The first kappa shape index (κ1) is 45.1. The van der Waals surface area contributed by atoms with Crippen LogP contribution in [0.4, 0.5) is 10.5 Å². The van der Waals surface area contributed by atoms with E-state index >= 15 is 0 Å². The number of carbonyl (C=O) groups excluding carboxylic acids is 6. The van der Waals surface area contributed by atoms with E-state index < -0.39 is 11.5 Å². The fraction of sp³-hybridized carbons (Fsp3) is 0.657. The van der Waals surface area contributed by atoms with Crippen molar-refractivity contribution in [1.82, 2.24) is 25.9 Å². The molecule has 0 spiro atoms. The Hall–Kier alpha value is -3.88. The minimum Gasteiger partial charge on any atom is -0.445 e. The van der Waals surface area contributed by atoms with Crippen LogP contribution in [0.3, 0.4) is 0 Å². The van der Waals surface area contributed by atoms with Gasteiger partial charge in [0.2, 0.25) is 23.6 Å². The van der Waals surface area contributed by atoms with Crippen LogP contribution in [-0.4, -0.2) is 92.5 Å². The minimum absolute atomic E-state index is 0.0147. The van der Waals surface area contributed by atoms with E-state index in [1.54, 1.807) is 47.0 Å². The SMILES string of the molecule is CC(C)C1CC(=O)N(CN(C)OCCC(C)(C)C(=O)NCC=O)C1=O.CCC.CCCNC(=O)OCc1ccc(NC(=O)C(C)NC)cc1. The third-order valence-electron chi connectivity index (χ3n) is 7.36. The predicted octanol–water partition coefficient (Wildman–Crippen LogP) is 3.86. The van der Waals surface area contributed by atoms with Crippen molar-refractivity contribution in [3.8, 4) is 0 Å². The summed E-state index contributed by atoms with van der Waals surface area (Å²) in [5.74, 6) is -0.813. The van der Waals surface area contributed by atoms with E-state index in [4.69, 9.17) is 9.57 Å². The molecule has 1 heterocycles. The number of nitrogens with one attached hydrogen (secondary N) is 4. The number of aldehydes is 1. The maximum Gasteiger partial charge on any atom is 0.407 e. The second-order valence-corrected chi connectivity index (χ2v) is 12.7. The van der Waals surface area contributed by atoms with Gasteiger partial charge >= 0.3 is 6.09 Å². The van der Waals surface area contributed by atoms with Gasteiger partial charge < -0.3 is 30.8 Å². The van der Waals surface area contributed by atoms with Crippen molar-refractivity contribution in [1.29, 1.82) is 0 Å². The topological polar surface area (TPSA) is 175 Å². The molecule has 2 rings (SSSR count). The number of anilines is 1. The zero-order valence-corrected chi connectivity index (χ0v) is 31.1. The molecule has 0 aliphatic carbocycles. The van der Waals surface area contributed by atoms with Gasteiger partial charge in [-0.2, -0.15) is 5.06 Å². The number of imide groups is 1. The number of alkyl carbamates (subject to hydrolysis) is 1. The zero-order chi connectivity index (χ0) is 37.6. The van der Waals surface area contributed by atoms with Crippen molar-refractivity contribution in [3.05, 3.63) is 29.8 Å². The standard InChI is InChI=1S/C17H29N3O5.C15H23N3O3.C3H8/c1-12(2)13-10-14(22)20(15(13)23)11-19(5)25-9-6-17(3,4)16(24)18-7-8-21;1-4-9-17-15(20)21-10-12-5-7-13(8-6-12)18-14(19)11(2)16-3;1-3-2/h8,12-13H,6-7,9-11H2,1-5H3,(H,18,24);5-8,11,16H,4,9-10H2,1-3H3,(H,17,20)(H,18,19);3H2,1-2H3. The first-order valence-corrected chi connectivity index (χ1v) is 17.0. The van der Waals surface area contributed by atoms with Gasteiger partial charge in [0.25, 0.3) is 0 Å². The van der Waals surface area contributed by atoms with Gasteiger partial charge in [-0.05, 0) is 50.4 Å². The molecule has 1 saturated heterocycles. The van der Waals surface area contributed by atoms with Gasteiger partial charge in [-0.25, -0.2) is 4.79 Å². The molecule has 2 atom stereocenters. The van der Waals surface area contributed by atoms with E-state index in [0.29, 0.717) is 24.9 Å². The van der Waals surface area contributed by atoms with E-state index in [9.17, 15) is 28.8 Å². The number of hydrogen-bond acceptors (Lipinski definition) is 10. The molecular formula is C35H60N6O8. The first-order chi connectivity index (χ1) is 23.1. The third-order valence-corrected chi connectivity index (χ3v) is 7.36. The number of likely N-dealkylation sites (tertiary alicyclic amines) is 1. The summed E-state index contributed by atoms with van der Waals surface area (Å²) in [4.78, 5) is 76.2. The van der Waals surface area contributed by atoms with Crippen LogP contribution in [-0.2, 0) is 40.2 Å². The second kappa shape index (κ2) is 24.3. The highest BCUT2D eigenvalue weighted by Gasteiger charge is 2.40. The van der Waals surface area contributed by atoms with Crippen LogP contribution in [0.1, 0.15) is 86.6 Å². The summed E-state index contributed by atoms with van der Waals surface area (Å²) in [5.41, 5.74) is 0.883. The smallest absolute Gasteiger partial charge is 0.407 e. The van der Waals surface area contributed by atoms with Gasteiger partial charge in [0.15, 0.2) is 0 Å². The van der Waals surface area contributed by atoms with E-state index in [2.05, 4.69) is 35.1 Å². The lowest BCUT2D eigenvalue weighted by atomic mass is 9.89. The Morgan fingerprint density at radius 3 is 2.18 bits per heavy atom. The van der Waals surface area contributed by atoms with E-state index in [1.807, 2.05) is 32.9 Å². The van der Waals surface area contributed by atoms with Crippen LogP contribution in [0.15, 0.2) is 24.3 Å². The number of carbonyl (C=O) groups is 6. The Bertz CT molecular complexity index is 1180. The van der Waals surface area contributed by atoms with Crippen LogP contribution < -0.4 is 21.3 Å². The normalized spacial score (nSPS) is 14.7. The molecule has 5 amide bonds. The molecule has 1 fully saturated rings. The summed E-state index contributed by atoms with van der Waals surface area (Å²) in [7, 11) is 3.37. The molecule has 278 valence electrons. The van der Waals surface area contributed by atoms with Crippen molar-refractivity contribution in [2.45, 2.75) is 93.7 Å². The molecule has 1 aromatic rings. The lowest BCUT2D eigenvalue weighted by Gasteiger charge is -2.26. The van der Waals surface area contributed by atoms with Crippen molar-refractivity contribution in [2.24, 2.45) is 17.3 Å². The fourth-order valence-corrected chi connectivity index (χ4v) is 4.05. The summed E-state index contributed by atoms with van der Waals surface area (Å²) < 4.78 is 5.06. The number of hydrogen-bond donors (Lipinski definition) is 4. The van der Waals surface area contributed by atoms with E-state index in [1.165, 1.54) is 16.4 Å². The van der Waals surface area contributed by atoms with Crippen LogP contribution in [0.25, 0.3) is 0 Å². The average Bonchev–Trinajstić information content (AvgIpc) is 3.34. The molecule has 49 heavy (non-hydrogen) atoms. The fourth-order valence-electron chi connectivity index (χ4n) is 4.05. The van der Waals surface area contributed by atoms with E-state index in [-0.39, 0.29) is 74.4 Å². The molecule has 14 heteroatoms. The van der Waals surface area contributed by atoms with E-state index in [0.717, 1.165) is 12.0 Å². The zero-order valence-electron chi connectivity index (χ0n) is 31.1. The number of likely N-dealkylation sites (N-methyl/N-ethyl adjacent to an activating group) is 1. The van der Waals surface area contributed by atoms with Gasteiger partial charge in [0.1, 0.15) is 19.6 Å². The Morgan fingerprint density at radius 1 is 1.06 bits per heavy atom. The van der Waals surface area contributed by atoms with Crippen LogP contribution >= 0.6 is 0 Å². The minimum atomic E-state index is -0.689. The van der Waals surface area contributed by atoms with Crippen LogP contribution in [0, 0.1) is 17.3 Å². The van der Waals surface area contributed by atoms with Crippen molar-refractivity contribution in [3.63, 3.8) is 0 Å². The number of hydroxylamine groups is 2. The number of benzene rings is 1. The van der Waals surface area contributed by atoms with Crippen LogP contribution in [0.5, 0.6) is 0 Å². The summed E-state index contributed by atoms with van der Waals surface area (Å²) >= 11 is 0. The van der Waals surface area contributed by atoms with Gasteiger partial charge in [0, 0.05) is 37.0 Å². The predicted molar refractivity (Wildman–Crippen MR) is 189 cm³/mol. The van der Waals surface area contributed by atoms with Gasteiger partial charge in [-0.3, -0.25) is 28.9 Å². The van der Waals surface area contributed by atoms with Crippen molar-refractivity contribution in [2.75, 3.05) is 45.8 Å². The van der Waals surface area contributed by atoms with Gasteiger partial charge in [0.05, 0.1) is 19.2 Å². The molecule has 1 aromatic carbocycles. The van der Waals surface area contributed by atoms with Crippen molar-refractivity contribution >= 4 is 41.7 Å². The lowest BCUT2D eigenvalue weighted by molar-refractivity contribution is -0.179. The van der Waals surface area contributed by atoms with Crippen LogP contribution in [0.2, 0.25) is 0 Å². The first-order valence-electron chi connectivity index (χ1n) is 17.0. The van der Waals surface area contributed by atoms with Gasteiger partial charge in [-0.1, -0.05) is 67.0 Å². The number of rotatable bonds is 17. The molecule has 1 aliphatic rings. The molecule has 4 N–H and O–H groups in total. The highest BCUT2D eigenvalue weighted by Crippen LogP contribution is 2.26.